The highest BCUT2D eigenvalue weighted by molar-refractivity contribution is 6.30. The van der Waals surface area contributed by atoms with Gasteiger partial charge in [0, 0.05) is 21.5 Å². The number of carbonyl (C=O) groups is 1. The number of nitrogens with one attached hydrogen (secondary N) is 1. The van der Waals surface area contributed by atoms with E-state index in [1.807, 2.05) is 36.4 Å². The summed E-state index contributed by atoms with van der Waals surface area (Å²) in [5, 5.41) is 1.47. The third-order valence-electron chi connectivity index (χ3n) is 3.29. The Kier molecular flexibility index (Phi) is 3.20. The van der Waals surface area contributed by atoms with Gasteiger partial charge in [-0.2, -0.15) is 0 Å². The fourth-order valence-corrected chi connectivity index (χ4v) is 2.57. The second kappa shape index (κ2) is 5.02. The van der Waals surface area contributed by atoms with Crippen LogP contribution in [0.25, 0.3) is 22.2 Å². The van der Waals surface area contributed by atoms with Gasteiger partial charge in [-0.3, -0.25) is 4.79 Å². The van der Waals surface area contributed by atoms with Gasteiger partial charge in [0.25, 0.3) is 0 Å². The summed E-state index contributed by atoms with van der Waals surface area (Å²) in [5.74, 6) is 0.707. The number of hydrogen-bond acceptors (Lipinski definition) is 2. The number of fused-ring (bicyclic) bond motifs is 1. The molecule has 0 unspecified atom stereocenters. The van der Waals surface area contributed by atoms with Gasteiger partial charge in [0.1, 0.15) is 5.75 Å². The normalized spacial score (nSPS) is 10.7. The lowest BCUT2D eigenvalue weighted by Gasteiger charge is -2.00. The first-order chi connectivity index (χ1) is 9.74. The predicted octanol–water partition coefficient (Wildman–Crippen LogP) is 4.31. The number of aromatic amines is 1. The van der Waals surface area contributed by atoms with Crippen LogP contribution in [0, 0.1) is 0 Å². The minimum atomic E-state index is 0.612. The molecule has 0 amide bonds. The second-order valence-corrected chi connectivity index (χ2v) is 4.86. The van der Waals surface area contributed by atoms with Crippen molar-refractivity contribution >= 4 is 28.8 Å². The van der Waals surface area contributed by atoms with Crippen molar-refractivity contribution in [1.29, 1.82) is 0 Å². The number of methoxy groups -OCH3 is 1. The number of aldehydes is 1. The summed E-state index contributed by atoms with van der Waals surface area (Å²) in [4.78, 5) is 14.7. The lowest BCUT2D eigenvalue weighted by Crippen LogP contribution is -1.84. The summed E-state index contributed by atoms with van der Waals surface area (Å²) in [6, 6.07) is 13.0. The molecule has 20 heavy (non-hydrogen) atoms. The number of hydrogen-bond donors (Lipinski definition) is 1. The fourth-order valence-electron chi connectivity index (χ4n) is 2.38. The van der Waals surface area contributed by atoms with E-state index in [-0.39, 0.29) is 0 Å². The third kappa shape index (κ3) is 1.96. The number of H-pyrrole nitrogens is 1. The molecule has 1 aromatic heterocycles. The van der Waals surface area contributed by atoms with Gasteiger partial charge in [0.15, 0.2) is 6.29 Å². The highest BCUT2D eigenvalue weighted by Gasteiger charge is 2.15. The van der Waals surface area contributed by atoms with Crippen LogP contribution in [0.1, 0.15) is 10.4 Å². The van der Waals surface area contributed by atoms with E-state index >= 15 is 0 Å². The molecule has 0 fully saturated rings. The highest BCUT2D eigenvalue weighted by atomic mass is 35.5. The van der Waals surface area contributed by atoms with Crippen molar-refractivity contribution in [2.75, 3.05) is 7.11 Å². The predicted molar refractivity (Wildman–Crippen MR) is 80.7 cm³/mol. The minimum Gasteiger partial charge on any atom is -0.495 e. The van der Waals surface area contributed by atoms with Crippen LogP contribution in [0.15, 0.2) is 42.5 Å². The zero-order chi connectivity index (χ0) is 14.1. The average Bonchev–Trinajstić information content (AvgIpc) is 2.85. The van der Waals surface area contributed by atoms with Crippen LogP contribution in [-0.2, 0) is 0 Å². The third-order valence-corrected chi connectivity index (χ3v) is 3.52. The highest BCUT2D eigenvalue weighted by Crippen LogP contribution is 2.34. The van der Waals surface area contributed by atoms with Gasteiger partial charge in [-0.05, 0) is 18.2 Å². The molecule has 0 aliphatic rings. The SMILES string of the molecule is COc1cccc2c(C=O)c(-c3cccc(Cl)c3)[nH]c12. The Morgan fingerprint density at radius 1 is 1.20 bits per heavy atom. The molecule has 2 aromatic carbocycles. The maximum atomic E-state index is 11.5. The Labute approximate surface area is 121 Å². The molecule has 0 aliphatic carbocycles. The molecule has 0 radical (unpaired) electrons. The van der Waals surface area contributed by atoms with Crippen molar-refractivity contribution < 1.29 is 9.53 Å². The topological polar surface area (TPSA) is 42.1 Å². The monoisotopic (exact) mass is 285 g/mol. The Morgan fingerprint density at radius 2 is 2.00 bits per heavy atom. The zero-order valence-electron chi connectivity index (χ0n) is 10.8. The molecule has 4 heteroatoms. The molecule has 100 valence electrons. The molecule has 3 nitrogen and oxygen atoms in total. The first kappa shape index (κ1) is 12.8. The number of aromatic nitrogens is 1. The van der Waals surface area contributed by atoms with Crippen LogP contribution in [-0.4, -0.2) is 18.4 Å². The molecule has 0 saturated carbocycles. The van der Waals surface area contributed by atoms with E-state index in [1.54, 1.807) is 13.2 Å². The summed E-state index contributed by atoms with van der Waals surface area (Å²) in [5.41, 5.74) is 3.05. The molecule has 0 atom stereocenters. The molecule has 1 heterocycles. The summed E-state index contributed by atoms with van der Waals surface area (Å²) < 4.78 is 5.33. The van der Waals surface area contributed by atoms with Crippen LogP contribution in [0.3, 0.4) is 0 Å². The fraction of sp³-hybridized carbons (Fsp3) is 0.0625. The first-order valence-electron chi connectivity index (χ1n) is 6.14. The molecule has 3 aromatic rings. The molecular weight excluding hydrogens is 274 g/mol. The molecule has 0 spiro atoms. The maximum Gasteiger partial charge on any atom is 0.152 e. The zero-order valence-corrected chi connectivity index (χ0v) is 11.6. The summed E-state index contributed by atoms with van der Waals surface area (Å²) in [6.07, 6.45) is 0.856. The van der Waals surface area contributed by atoms with Gasteiger partial charge in [0.2, 0.25) is 0 Å². The van der Waals surface area contributed by atoms with E-state index in [0.29, 0.717) is 16.3 Å². The van der Waals surface area contributed by atoms with E-state index in [0.717, 1.165) is 28.4 Å². The van der Waals surface area contributed by atoms with Gasteiger partial charge >= 0.3 is 0 Å². The summed E-state index contributed by atoms with van der Waals surface area (Å²) in [7, 11) is 1.61. The Morgan fingerprint density at radius 3 is 2.70 bits per heavy atom. The van der Waals surface area contributed by atoms with Gasteiger partial charge in [-0.1, -0.05) is 35.9 Å². The summed E-state index contributed by atoms with van der Waals surface area (Å²) >= 11 is 6.02. The number of rotatable bonds is 3. The molecule has 0 saturated heterocycles. The summed E-state index contributed by atoms with van der Waals surface area (Å²) in [6.45, 7) is 0. The van der Waals surface area contributed by atoms with Gasteiger partial charge in [-0.25, -0.2) is 0 Å². The average molecular weight is 286 g/mol. The lowest BCUT2D eigenvalue weighted by atomic mass is 10.1. The largest absolute Gasteiger partial charge is 0.495 e. The van der Waals surface area contributed by atoms with E-state index in [2.05, 4.69) is 4.98 Å². The van der Waals surface area contributed by atoms with Crippen molar-refractivity contribution in [3.63, 3.8) is 0 Å². The quantitative estimate of drug-likeness (QED) is 0.729. The van der Waals surface area contributed by atoms with Crippen molar-refractivity contribution in [1.82, 2.24) is 4.98 Å². The minimum absolute atomic E-state index is 0.612. The van der Waals surface area contributed by atoms with Crippen LogP contribution >= 0.6 is 11.6 Å². The molecular formula is C16H12ClNO2. The maximum absolute atomic E-state index is 11.5. The van der Waals surface area contributed by atoms with Crippen molar-refractivity contribution in [2.45, 2.75) is 0 Å². The van der Waals surface area contributed by atoms with Crippen molar-refractivity contribution in [3.05, 3.63) is 53.1 Å². The standard InChI is InChI=1S/C16H12ClNO2/c1-20-14-7-3-6-12-13(9-19)15(18-16(12)14)10-4-2-5-11(17)8-10/h2-9,18H,1H3. The second-order valence-electron chi connectivity index (χ2n) is 4.42. The Balaban J connectivity index is 2.33. The Hall–Kier alpha value is -2.26. The molecule has 0 aliphatic heterocycles. The van der Waals surface area contributed by atoms with Crippen molar-refractivity contribution in [3.8, 4) is 17.0 Å². The number of para-hydroxylation sites is 1. The van der Waals surface area contributed by atoms with Crippen LogP contribution < -0.4 is 4.74 Å². The van der Waals surface area contributed by atoms with Crippen LogP contribution in [0.4, 0.5) is 0 Å². The van der Waals surface area contributed by atoms with Gasteiger partial charge in [-0.15, -0.1) is 0 Å². The van der Waals surface area contributed by atoms with E-state index in [9.17, 15) is 4.79 Å². The molecule has 0 bridgehead atoms. The van der Waals surface area contributed by atoms with Crippen molar-refractivity contribution in [2.24, 2.45) is 0 Å². The first-order valence-corrected chi connectivity index (χ1v) is 6.52. The number of halogens is 1. The van der Waals surface area contributed by atoms with E-state index < -0.39 is 0 Å². The lowest BCUT2D eigenvalue weighted by molar-refractivity contribution is 0.112. The van der Waals surface area contributed by atoms with E-state index in [1.165, 1.54) is 0 Å². The molecule has 1 N–H and O–H groups in total. The smallest absolute Gasteiger partial charge is 0.152 e. The van der Waals surface area contributed by atoms with Gasteiger partial charge < -0.3 is 9.72 Å². The number of carbonyl (C=O) groups excluding carboxylic acids is 1. The van der Waals surface area contributed by atoms with Crippen LogP contribution in [0.2, 0.25) is 5.02 Å². The Bertz CT molecular complexity index is 792. The van der Waals surface area contributed by atoms with Crippen LogP contribution in [0.5, 0.6) is 5.75 Å². The number of ether oxygens (including phenoxy) is 1. The van der Waals surface area contributed by atoms with E-state index in [4.69, 9.17) is 16.3 Å². The van der Waals surface area contributed by atoms with Gasteiger partial charge in [0.05, 0.1) is 18.3 Å². The number of benzene rings is 2. The molecule has 3 rings (SSSR count).